The van der Waals surface area contributed by atoms with E-state index in [2.05, 4.69) is 16.1 Å². The van der Waals surface area contributed by atoms with Crippen molar-refractivity contribution < 1.29 is 37.0 Å². The van der Waals surface area contributed by atoms with Crippen LogP contribution in [0.3, 0.4) is 0 Å². The van der Waals surface area contributed by atoms with E-state index in [0.29, 0.717) is 0 Å². The number of ether oxygens (including phenoxy) is 3. The molecule has 0 saturated heterocycles. The van der Waals surface area contributed by atoms with Crippen LogP contribution in [-0.2, 0) is 14.3 Å². The predicted octanol–water partition coefficient (Wildman–Crippen LogP) is 2.99. The van der Waals surface area contributed by atoms with E-state index in [-0.39, 0.29) is 24.5 Å². The molecule has 0 heterocycles. The van der Waals surface area contributed by atoms with Crippen LogP contribution in [0.4, 0.5) is 13.2 Å². The molecular formula is C14H11F3O5. The zero-order valence-corrected chi connectivity index (χ0v) is 11.2. The van der Waals surface area contributed by atoms with Crippen LogP contribution in [0, 0.1) is 0 Å². The Morgan fingerprint density at radius 3 is 2.18 bits per heavy atom. The summed E-state index contributed by atoms with van der Waals surface area (Å²) in [6.07, 6.45) is -1.62. The van der Waals surface area contributed by atoms with Crippen molar-refractivity contribution in [2.75, 3.05) is 13.2 Å². The molecule has 0 aliphatic heterocycles. The van der Waals surface area contributed by atoms with E-state index < -0.39 is 24.0 Å². The Bertz CT molecular complexity index is 577. The first-order valence-corrected chi connectivity index (χ1v) is 5.89. The molecule has 0 aromatic heterocycles. The van der Waals surface area contributed by atoms with Gasteiger partial charge in [0.25, 0.3) is 0 Å². The molecule has 0 aliphatic rings. The fourth-order valence-corrected chi connectivity index (χ4v) is 1.22. The first-order chi connectivity index (χ1) is 10.4. The van der Waals surface area contributed by atoms with Gasteiger partial charge in [-0.25, -0.2) is 9.59 Å². The van der Waals surface area contributed by atoms with Crippen LogP contribution >= 0.6 is 0 Å². The van der Waals surface area contributed by atoms with E-state index in [1.807, 2.05) is 0 Å². The van der Waals surface area contributed by atoms with Gasteiger partial charge < -0.3 is 14.2 Å². The number of hydrogen-bond acceptors (Lipinski definition) is 5. The van der Waals surface area contributed by atoms with Crippen molar-refractivity contribution >= 4 is 11.9 Å². The van der Waals surface area contributed by atoms with Crippen LogP contribution in [0.2, 0.25) is 0 Å². The molecule has 0 N–H and O–H groups in total. The Labute approximate surface area is 123 Å². The average molecular weight is 316 g/mol. The van der Waals surface area contributed by atoms with Crippen molar-refractivity contribution in [1.82, 2.24) is 0 Å². The van der Waals surface area contributed by atoms with E-state index in [0.717, 1.165) is 18.2 Å². The maximum absolute atomic E-state index is 12.5. The summed E-state index contributed by atoms with van der Waals surface area (Å²) in [4.78, 5) is 22.3. The second kappa shape index (κ2) is 8.50. The summed E-state index contributed by atoms with van der Waals surface area (Å²) >= 11 is 0. The van der Waals surface area contributed by atoms with Crippen molar-refractivity contribution in [2.24, 2.45) is 0 Å². The molecule has 1 aromatic carbocycles. The van der Waals surface area contributed by atoms with Gasteiger partial charge in [-0.1, -0.05) is 6.58 Å². The number of benzene rings is 1. The van der Waals surface area contributed by atoms with Gasteiger partial charge in [0.15, 0.2) is 0 Å². The average Bonchev–Trinajstić information content (AvgIpc) is 2.51. The smallest absolute Gasteiger partial charge is 0.344 e. The van der Waals surface area contributed by atoms with Gasteiger partial charge in [0.2, 0.25) is 0 Å². The van der Waals surface area contributed by atoms with Gasteiger partial charge in [0, 0.05) is 6.08 Å². The third-order valence-electron chi connectivity index (χ3n) is 2.17. The highest BCUT2D eigenvalue weighted by Gasteiger charge is 2.10. The molecule has 0 spiro atoms. The molecule has 0 radical (unpaired) electrons. The summed E-state index contributed by atoms with van der Waals surface area (Å²) in [7, 11) is 0. The third kappa shape index (κ3) is 5.70. The topological polar surface area (TPSA) is 61.8 Å². The van der Waals surface area contributed by atoms with Crippen molar-refractivity contribution in [1.29, 1.82) is 0 Å². The van der Waals surface area contributed by atoms with Crippen molar-refractivity contribution in [3.8, 4) is 5.75 Å². The minimum Gasteiger partial charge on any atom is -0.459 e. The summed E-state index contributed by atoms with van der Waals surface area (Å²) in [5.41, 5.74) is 0.0903. The lowest BCUT2D eigenvalue weighted by Crippen LogP contribution is -2.12. The van der Waals surface area contributed by atoms with Crippen LogP contribution in [0.25, 0.3) is 0 Å². The van der Waals surface area contributed by atoms with E-state index in [9.17, 15) is 22.8 Å². The van der Waals surface area contributed by atoms with Crippen molar-refractivity contribution in [2.45, 2.75) is 0 Å². The third-order valence-corrected chi connectivity index (χ3v) is 2.17. The van der Waals surface area contributed by atoms with Gasteiger partial charge in [0.1, 0.15) is 19.0 Å². The molecule has 1 rings (SSSR count). The van der Waals surface area contributed by atoms with Gasteiger partial charge in [-0.2, -0.15) is 13.2 Å². The number of esters is 2. The lowest BCUT2D eigenvalue weighted by atomic mass is 10.2. The quantitative estimate of drug-likeness (QED) is 0.335. The largest absolute Gasteiger partial charge is 0.459 e. The second-order valence-electron chi connectivity index (χ2n) is 3.67. The highest BCUT2D eigenvalue weighted by molar-refractivity contribution is 5.89. The summed E-state index contributed by atoms with van der Waals surface area (Å²) in [5, 5.41) is 0. The monoisotopic (exact) mass is 316 g/mol. The fraction of sp³-hybridized carbons (Fsp3) is 0.143. The minimum atomic E-state index is -2.59. The van der Waals surface area contributed by atoms with Gasteiger partial charge >= 0.3 is 24.0 Å². The second-order valence-corrected chi connectivity index (χ2v) is 3.67. The molecule has 5 nitrogen and oxygen atoms in total. The maximum Gasteiger partial charge on any atom is 0.344 e. The Balaban J connectivity index is 2.49. The van der Waals surface area contributed by atoms with Crippen LogP contribution in [0.5, 0.6) is 5.75 Å². The number of carbonyl (C=O) groups is 2. The first-order valence-electron chi connectivity index (χ1n) is 5.89. The highest BCUT2D eigenvalue weighted by Crippen LogP contribution is 2.19. The first kappa shape index (κ1) is 17.3. The standard InChI is InChI=1S/C14H11F3O5/c1-2-11(18)20-7-8-21-14(19)9-3-5-10(6-4-9)22-13(17)12(15)16/h2-6H,1,7-8H2. The SMILES string of the molecule is C=CC(=O)OCCOC(=O)c1ccc(OC(F)=C(F)F)cc1. The maximum atomic E-state index is 12.5. The van der Waals surface area contributed by atoms with E-state index >= 15 is 0 Å². The van der Waals surface area contributed by atoms with E-state index in [4.69, 9.17) is 4.74 Å². The number of carbonyl (C=O) groups excluding carboxylic acids is 2. The molecule has 1 aromatic rings. The summed E-state index contributed by atoms with van der Waals surface area (Å²) in [6.45, 7) is 2.89. The van der Waals surface area contributed by atoms with Crippen LogP contribution in [0.1, 0.15) is 10.4 Å². The predicted molar refractivity (Wildman–Crippen MR) is 68.9 cm³/mol. The zero-order valence-electron chi connectivity index (χ0n) is 11.2. The molecule has 0 fully saturated rings. The van der Waals surface area contributed by atoms with Crippen LogP contribution < -0.4 is 4.74 Å². The van der Waals surface area contributed by atoms with Crippen LogP contribution in [-0.4, -0.2) is 25.2 Å². The zero-order chi connectivity index (χ0) is 16.5. The molecule has 0 amide bonds. The van der Waals surface area contributed by atoms with Gasteiger partial charge in [-0.05, 0) is 24.3 Å². The molecule has 22 heavy (non-hydrogen) atoms. The lowest BCUT2D eigenvalue weighted by Gasteiger charge is -2.06. The molecule has 0 saturated carbocycles. The molecule has 0 bridgehead atoms. The Morgan fingerprint density at radius 1 is 1.05 bits per heavy atom. The van der Waals surface area contributed by atoms with Gasteiger partial charge in [-0.3, -0.25) is 0 Å². The number of halogens is 3. The Morgan fingerprint density at radius 2 is 1.64 bits per heavy atom. The Hall–Kier alpha value is -2.77. The van der Waals surface area contributed by atoms with Crippen LogP contribution in [0.15, 0.2) is 49.0 Å². The molecule has 8 heteroatoms. The number of rotatable bonds is 7. The fourth-order valence-electron chi connectivity index (χ4n) is 1.22. The molecular weight excluding hydrogens is 305 g/mol. The highest BCUT2D eigenvalue weighted by atomic mass is 19.3. The summed E-state index contributed by atoms with van der Waals surface area (Å²) in [6, 6.07) is 2.64. The van der Waals surface area contributed by atoms with Gasteiger partial charge in [0.05, 0.1) is 5.56 Å². The summed E-state index contributed by atoms with van der Waals surface area (Å²) in [5.74, 6) is -1.58. The normalized spacial score (nSPS) is 9.59. The Kier molecular flexibility index (Phi) is 6.68. The minimum absolute atomic E-state index is 0.0903. The van der Waals surface area contributed by atoms with Crippen molar-refractivity contribution in [3.05, 3.63) is 54.6 Å². The van der Waals surface area contributed by atoms with Gasteiger partial charge in [-0.15, -0.1) is 0 Å². The molecule has 0 aliphatic carbocycles. The van der Waals surface area contributed by atoms with Crippen molar-refractivity contribution in [3.63, 3.8) is 0 Å². The number of hydrogen-bond donors (Lipinski definition) is 0. The molecule has 0 atom stereocenters. The van der Waals surface area contributed by atoms with E-state index in [1.54, 1.807) is 0 Å². The van der Waals surface area contributed by atoms with E-state index in [1.165, 1.54) is 12.1 Å². The lowest BCUT2D eigenvalue weighted by molar-refractivity contribution is -0.138. The summed E-state index contributed by atoms with van der Waals surface area (Å²) < 4.78 is 49.8. The molecule has 118 valence electrons. The molecule has 0 unspecified atom stereocenters.